The molecule has 1 aliphatic heterocycles. The number of benzene rings is 1. The highest BCUT2D eigenvalue weighted by atomic mass is 79.9. The van der Waals surface area contributed by atoms with Crippen molar-refractivity contribution in [2.75, 3.05) is 18.0 Å². The van der Waals surface area contributed by atoms with Crippen molar-refractivity contribution in [2.24, 2.45) is 0 Å². The minimum atomic E-state index is 0.294. The number of anilines is 1. The van der Waals surface area contributed by atoms with E-state index in [4.69, 9.17) is 4.98 Å². The van der Waals surface area contributed by atoms with Crippen LogP contribution in [0.15, 0.2) is 47.2 Å². The van der Waals surface area contributed by atoms with Crippen LogP contribution in [0.3, 0.4) is 0 Å². The van der Waals surface area contributed by atoms with E-state index in [1.54, 1.807) is 12.4 Å². The zero-order valence-corrected chi connectivity index (χ0v) is 15.1. The van der Waals surface area contributed by atoms with Gasteiger partial charge in [0.25, 0.3) is 0 Å². The number of piperidine rings is 1. The smallest absolute Gasteiger partial charge is 0.133 e. The van der Waals surface area contributed by atoms with E-state index >= 15 is 0 Å². The topological polar surface area (TPSA) is 65.7 Å². The lowest BCUT2D eigenvalue weighted by molar-refractivity contribution is 0.489. The number of fused-ring (bicyclic) bond motifs is 1. The molecule has 6 heteroatoms. The molecule has 0 radical (unpaired) electrons. The van der Waals surface area contributed by atoms with Crippen LogP contribution in [-0.4, -0.2) is 28.0 Å². The molecule has 0 amide bonds. The summed E-state index contributed by atoms with van der Waals surface area (Å²) in [7, 11) is 0. The number of hydrogen-bond donors (Lipinski definition) is 0. The van der Waals surface area contributed by atoms with Gasteiger partial charge in [-0.25, -0.2) is 15.0 Å². The van der Waals surface area contributed by atoms with Crippen molar-refractivity contribution in [3.8, 4) is 6.07 Å². The second-order valence-electron chi connectivity index (χ2n) is 6.19. The molecule has 3 aromatic rings. The number of hydrogen-bond acceptors (Lipinski definition) is 5. The Balaban J connectivity index is 1.69. The number of aromatic nitrogens is 3. The first-order chi connectivity index (χ1) is 12.2. The first-order valence-electron chi connectivity index (χ1n) is 8.27. The van der Waals surface area contributed by atoms with Crippen molar-refractivity contribution >= 4 is 32.7 Å². The third-order valence-corrected chi connectivity index (χ3v) is 5.07. The molecule has 1 unspecified atom stereocenters. The van der Waals surface area contributed by atoms with Crippen molar-refractivity contribution < 1.29 is 0 Å². The standard InChI is InChI=1S/C19H16BrN5/c20-15-4-5-17-16(10-15)14(11-21)9-18(24-17)25-8-1-3-13(12-25)19-22-6-2-7-23-19/h2,4-7,9-10,13H,1,3,8,12H2. The van der Waals surface area contributed by atoms with E-state index in [-0.39, 0.29) is 0 Å². The van der Waals surface area contributed by atoms with Crippen molar-refractivity contribution in [2.45, 2.75) is 18.8 Å². The largest absolute Gasteiger partial charge is 0.356 e. The molecule has 1 atom stereocenters. The maximum absolute atomic E-state index is 9.55. The number of nitrogens with zero attached hydrogens (tertiary/aromatic N) is 5. The molecule has 124 valence electrons. The molecule has 1 saturated heterocycles. The van der Waals surface area contributed by atoms with Gasteiger partial charge in [0.1, 0.15) is 11.6 Å². The van der Waals surface area contributed by atoms with Crippen LogP contribution in [0.25, 0.3) is 10.9 Å². The molecular weight excluding hydrogens is 378 g/mol. The second-order valence-corrected chi connectivity index (χ2v) is 7.11. The van der Waals surface area contributed by atoms with Crippen LogP contribution in [0.1, 0.15) is 30.1 Å². The van der Waals surface area contributed by atoms with Crippen LogP contribution in [0.2, 0.25) is 0 Å². The van der Waals surface area contributed by atoms with E-state index in [9.17, 15) is 5.26 Å². The van der Waals surface area contributed by atoms with Crippen LogP contribution in [0.4, 0.5) is 5.82 Å². The summed E-state index contributed by atoms with van der Waals surface area (Å²) in [5.41, 5.74) is 1.50. The fourth-order valence-electron chi connectivity index (χ4n) is 3.36. The zero-order valence-electron chi connectivity index (χ0n) is 13.6. The molecule has 2 aromatic heterocycles. The summed E-state index contributed by atoms with van der Waals surface area (Å²) in [6.45, 7) is 1.76. The monoisotopic (exact) mass is 393 g/mol. The molecule has 1 fully saturated rings. The van der Waals surface area contributed by atoms with E-state index in [0.717, 1.165) is 52.9 Å². The van der Waals surface area contributed by atoms with Gasteiger partial charge >= 0.3 is 0 Å². The van der Waals surface area contributed by atoms with Gasteiger partial charge in [0.15, 0.2) is 0 Å². The molecule has 1 aliphatic rings. The van der Waals surface area contributed by atoms with Crippen LogP contribution >= 0.6 is 15.9 Å². The van der Waals surface area contributed by atoms with Gasteiger partial charge in [-0.05, 0) is 43.2 Å². The van der Waals surface area contributed by atoms with Gasteiger partial charge in [-0.3, -0.25) is 0 Å². The van der Waals surface area contributed by atoms with Gasteiger partial charge in [0.2, 0.25) is 0 Å². The molecule has 0 N–H and O–H groups in total. The molecule has 25 heavy (non-hydrogen) atoms. The highest BCUT2D eigenvalue weighted by Gasteiger charge is 2.24. The van der Waals surface area contributed by atoms with Gasteiger partial charge in [0, 0.05) is 41.3 Å². The quantitative estimate of drug-likeness (QED) is 0.656. The van der Waals surface area contributed by atoms with Gasteiger partial charge in [-0.15, -0.1) is 0 Å². The number of rotatable bonds is 2. The Kier molecular flexibility index (Phi) is 4.33. The van der Waals surface area contributed by atoms with E-state index in [1.807, 2.05) is 30.3 Å². The average molecular weight is 394 g/mol. The van der Waals surface area contributed by atoms with E-state index in [1.165, 1.54) is 0 Å². The van der Waals surface area contributed by atoms with Crippen LogP contribution in [-0.2, 0) is 0 Å². The normalized spacial score (nSPS) is 17.4. The molecule has 5 nitrogen and oxygen atoms in total. The summed E-state index contributed by atoms with van der Waals surface area (Å²) in [5, 5.41) is 10.4. The van der Waals surface area contributed by atoms with Crippen molar-refractivity contribution in [1.29, 1.82) is 5.26 Å². The fraction of sp³-hybridized carbons (Fsp3) is 0.263. The van der Waals surface area contributed by atoms with E-state index in [0.29, 0.717) is 11.5 Å². The predicted octanol–water partition coefficient (Wildman–Crippen LogP) is 4.04. The Morgan fingerprint density at radius 3 is 2.84 bits per heavy atom. The molecular formula is C19H16BrN5. The first kappa shape index (κ1) is 16.0. The average Bonchev–Trinajstić information content (AvgIpc) is 2.68. The fourth-order valence-corrected chi connectivity index (χ4v) is 3.72. The number of nitriles is 1. The second kappa shape index (κ2) is 6.77. The van der Waals surface area contributed by atoms with Gasteiger partial charge in [-0.1, -0.05) is 15.9 Å². The Labute approximate surface area is 154 Å². The van der Waals surface area contributed by atoms with Crippen LogP contribution < -0.4 is 4.90 Å². The van der Waals surface area contributed by atoms with E-state index in [2.05, 4.69) is 36.9 Å². The lowest BCUT2D eigenvalue weighted by atomic mass is 9.97. The molecule has 4 rings (SSSR count). The Hall–Kier alpha value is -2.52. The maximum atomic E-state index is 9.55. The molecule has 0 bridgehead atoms. The predicted molar refractivity (Wildman–Crippen MR) is 100 cm³/mol. The molecule has 0 spiro atoms. The number of halogens is 1. The third-order valence-electron chi connectivity index (χ3n) is 4.57. The Bertz CT molecular complexity index is 951. The third kappa shape index (κ3) is 3.20. The minimum Gasteiger partial charge on any atom is -0.356 e. The molecule has 0 aliphatic carbocycles. The van der Waals surface area contributed by atoms with Gasteiger partial charge in [-0.2, -0.15) is 5.26 Å². The Morgan fingerprint density at radius 1 is 1.20 bits per heavy atom. The van der Waals surface area contributed by atoms with Crippen molar-refractivity contribution in [3.05, 3.63) is 58.6 Å². The molecule has 3 heterocycles. The summed E-state index contributed by atoms with van der Waals surface area (Å²) in [5.74, 6) is 2.03. The van der Waals surface area contributed by atoms with Crippen LogP contribution in [0, 0.1) is 11.3 Å². The Morgan fingerprint density at radius 2 is 2.04 bits per heavy atom. The van der Waals surface area contributed by atoms with Crippen molar-refractivity contribution in [1.82, 2.24) is 15.0 Å². The maximum Gasteiger partial charge on any atom is 0.133 e. The summed E-state index contributed by atoms with van der Waals surface area (Å²) in [6.07, 6.45) is 5.72. The lowest BCUT2D eigenvalue weighted by Crippen LogP contribution is -2.35. The highest BCUT2D eigenvalue weighted by Crippen LogP contribution is 2.30. The number of pyridine rings is 1. The minimum absolute atomic E-state index is 0.294. The van der Waals surface area contributed by atoms with E-state index < -0.39 is 0 Å². The lowest BCUT2D eigenvalue weighted by Gasteiger charge is -2.33. The summed E-state index contributed by atoms with van der Waals surface area (Å²) in [4.78, 5) is 15.8. The van der Waals surface area contributed by atoms with Crippen molar-refractivity contribution in [3.63, 3.8) is 0 Å². The SMILES string of the molecule is N#Cc1cc(N2CCCC(c3ncccn3)C2)nc2ccc(Br)cc12. The first-order valence-corrected chi connectivity index (χ1v) is 9.06. The molecule has 1 aromatic carbocycles. The van der Waals surface area contributed by atoms with Gasteiger partial charge < -0.3 is 4.90 Å². The summed E-state index contributed by atoms with van der Waals surface area (Å²) < 4.78 is 0.949. The summed E-state index contributed by atoms with van der Waals surface area (Å²) >= 11 is 3.46. The highest BCUT2D eigenvalue weighted by molar-refractivity contribution is 9.10. The van der Waals surface area contributed by atoms with Gasteiger partial charge in [0.05, 0.1) is 17.1 Å². The molecule has 0 saturated carbocycles. The summed E-state index contributed by atoms with van der Waals surface area (Å²) in [6, 6.07) is 11.9. The van der Waals surface area contributed by atoms with Crippen LogP contribution in [0.5, 0.6) is 0 Å². The zero-order chi connectivity index (χ0) is 17.2.